The molecule has 21 heavy (non-hydrogen) atoms. The summed E-state index contributed by atoms with van der Waals surface area (Å²) in [6.45, 7) is 0. The largest absolute Gasteiger partial charge is 0.399 e. The Balaban J connectivity index is 2.55. The van der Waals surface area contributed by atoms with Gasteiger partial charge in [-0.15, -0.1) is 0 Å². The number of carbonyl (C=O) groups is 1. The number of carbonyl (C=O) groups excluding carboxylic acids is 1. The average molecular weight is 287 g/mol. The van der Waals surface area contributed by atoms with Crippen molar-refractivity contribution in [2.45, 2.75) is 0 Å². The van der Waals surface area contributed by atoms with Crippen LogP contribution in [0.15, 0.2) is 42.5 Å². The van der Waals surface area contributed by atoms with E-state index in [1.165, 1.54) is 11.0 Å². The maximum atomic E-state index is 13.9. The van der Waals surface area contributed by atoms with Crippen molar-refractivity contribution >= 4 is 23.0 Å². The first-order valence-electron chi connectivity index (χ1n) is 6.51. The molecule has 0 aromatic heterocycles. The van der Waals surface area contributed by atoms with Gasteiger partial charge in [0.05, 0.1) is 16.9 Å². The van der Waals surface area contributed by atoms with Gasteiger partial charge in [-0.2, -0.15) is 0 Å². The number of anilines is 3. The Morgan fingerprint density at radius 2 is 1.71 bits per heavy atom. The van der Waals surface area contributed by atoms with Gasteiger partial charge in [-0.1, -0.05) is 12.1 Å². The number of nitrogens with zero attached hydrogens (tertiary/aromatic N) is 2. The highest BCUT2D eigenvalue weighted by atomic mass is 19.1. The van der Waals surface area contributed by atoms with E-state index in [4.69, 9.17) is 5.73 Å². The van der Waals surface area contributed by atoms with Crippen LogP contribution < -0.4 is 10.6 Å². The molecule has 0 heterocycles. The Hall–Kier alpha value is -2.56. The molecule has 0 aliphatic heterocycles. The molecule has 2 N–H and O–H groups in total. The zero-order valence-electron chi connectivity index (χ0n) is 12.3. The third kappa shape index (κ3) is 2.97. The molecule has 0 radical (unpaired) electrons. The smallest absolute Gasteiger partial charge is 0.255 e. The van der Waals surface area contributed by atoms with Gasteiger partial charge in [-0.05, 0) is 30.3 Å². The fraction of sp³-hybridized carbons (Fsp3) is 0.188. The summed E-state index contributed by atoms with van der Waals surface area (Å²) >= 11 is 0. The average Bonchev–Trinajstić information content (AvgIpc) is 2.46. The van der Waals surface area contributed by atoms with Crippen molar-refractivity contribution in [2.24, 2.45) is 0 Å². The van der Waals surface area contributed by atoms with Crippen LogP contribution in [0.5, 0.6) is 0 Å². The van der Waals surface area contributed by atoms with Crippen LogP contribution in [0, 0.1) is 5.82 Å². The van der Waals surface area contributed by atoms with Crippen LogP contribution in [0.3, 0.4) is 0 Å². The van der Waals surface area contributed by atoms with E-state index in [-0.39, 0.29) is 11.7 Å². The fourth-order valence-corrected chi connectivity index (χ4v) is 2.10. The second kappa shape index (κ2) is 5.83. The van der Waals surface area contributed by atoms with Crippen LogP contribution in [-0.2, 0) is 0 Å². The summed E-state index contributed by atoms with van der Waals surface area (Å²) in [7, 11) is 5.05. The first-order chi connectivity index (χ1) is 9.91. The molecule has 0 aliphatic carbocycles. The normalized spacial score (nSPS) is 10.3. The molecule has 0 spiro atoms. The zero-order chi connectivity index (χ0) is 15.6. The summed E-state index contributed by atoms with van der Waals surface area (Å²) in [5.41, 5.74) is 7.76. The number of halogens is 1. The van der Waals surface area contributed by atoms with Crippen LogP contribution in [0.25, 0.3) is 0 Å². The standard InChI is InChI=1S/C16H18FN3O/c1-19(2)16(21)12-9-8-11(18)10-15(12)20(3)14-7-5-4-6-13(14)17/h4-10H,18H2,1-3H3. The molecule has 5 heteroatoms. The number of nitrogen functional groups attached to an aromatic ring is 1. The van der Waals surface area contributed by atoms with E-state index >= 15 is 0 Å². The van der Waals surface area contributed by atoms with Crippen molar-refractivity contribution < 1.29 is 9.18 Å². The first-order valence-corrected chi connectivity index (χ1v) is 6.51. The Labute approximate surface area is 123 Å². The molecular weight excluding hydrogens is 269 g/mol. The van der Waals surface area contributed by atoms with Gasteiger partial charge < -0.3 is 15.5 Å². The van der Waals surface area contributed by atoms with Crippen molar-refractivity contribution in [1.82, 2.24) is 4.90 Å². The maximum Gasteiger partial charge on any atom is 0.255 e. The molecule has 2 rings (SSSR count). The first kappa shape index (κ1) is 14.8. The lowest BCUT2D eigenvalue weighted by atomic mass is 10.1. The van der Waals surface area contributed by atoms with E-state index in [1.54, 1.807) is 62.4 Å². The lowest BCUT2D eigenvalue weighted by Gasteiger charge is -2.24. The second-order valence-corrected chi connectivity index (χ2v) is 4.99. The van der Waals surface area contributed by atoms with Gasteiger partial charge in [0, 0.05) is 26.8 Å². The third-order valence-corrected chi connectivity index (χ3v) is 3.23. The quantitative estimate of drug-likeness (QED) is 0.883. The van der Waals surface area contributed by atoms with E-state index in [9.17, 15) is 9.18 Å². The van der Waals surface area contributed by atoms with Crippen LogP contribution in [-0.4, -0.2) is 32.0 Å². The predicted molar refractivity (Wildman–Crippen MR) is 83.3 cm³/mol. The van der Waals surface area contributed by atoms with Crippen LogP contribution in [0.1, 0.15) is 10.4 Å². The van der Waals surface area contributed by atoms with Crippen molar-refractivity contribution in [3.8, 4) is 0 Å². The summed E-state index contributed by atoms with van der Waals surface area (Å²) in [4.78, 5) is 15.4. The Bertz CT molecular complexity index is 670. The summed E-state index contributed by atoms with van der Waals surface area (Å²) in [6, 6.07) is 11.4. The summed E-state index contributed by atoms with van der Waals surface area (Å²) in [6.07, 6.45) is 0. The highest BCUT2D eigenvalue weighted by Gasteiger charge is 2.18. The van der Waals surface area contributed by atoms with Crippen molar-refractivity contribution in [3.63, 3.8) is 0 Å². The zero-order valence-corrected chi connectivity index (χ0v) is 12.3. The second-order valence-electron chi connectivity index (χ2n) is 4.99. The molecule has 2 aromatic rings. The van der Waals surface area contributed by atoms with Crippen molar-refractivity contribution in [2.75, 3.05) is 31.8 Å². The van der Waals surface area contributed by atoms with Crippen LogP contribution in [0.2, 0.25) is 0 Å². The van der Waals surface area contributed by atoms with E-state index in [1.807, 2.05) is 0 Å². The maximum absolute atomic E-state index is 13.9. The number of nitrogens with two attached hydrogens (primary N) is 1. The van der Waals surface area contributed by atoms with Crippen molar-refractivity contribution in [3.05, 3.63) is 53.8 Å². The SMILES string of the molecule is CN(C)C(=O)c1ccc(N)cc1N(C)c1ccccc1F. The Morgan fingerprint density at radius 1 is 1.05 bits per heavy atom. The number of rotatable bonds is 3. The van der Waals surface area contributed by atoms with Gasteiger partial charge in [0.2, 0.25) is 0 Å². The van der Waals surface area contributed by atoms with E-state index in [0.717, 1.165) is 0 Å². The molecule has 0 bridgehead atoms. The molecule has 1 amide bonds. The number of para-hydroxylation sites is 1. The van der Waals surface area contributed by atoms with Gasteiger partial charge in [0.25, 0.3) is 5.91 Å². The molecule has 0 atom stereocenters. The summed E-state index contributed by atoms with van der Waals surface area (Å²) in [5.74, 6) is -0.515. The summed E-state index contributed by atoms with van der Waals surface area (Å²) in [5, 5.41) is 0. The molecule has 0 saturated heterocycles. The molecular formula is C16H18FN3O. The minimum Gasteiger partial charge on any atom is -0.399 e. The number of amides is 1. The fourth-order valence-electron chi connectivity index (χ4n) is 2.10. The molecule has 0 fully saturated rings. The van der Waals surface area contributed by atoms with Gasteiger partial charge >= 0.3 is 0 Å². The number of benzene rings is 2. The highest BCUT2D eigenvalue weighted by Crippen LogP contribution is 2.31. The van der Waals surface area contributed by atoms with Gasteiger partial charge in [-0.25, -0.2) is 4.39 Å². The monoisotopic (exact) mass is 287 g/mol. The number of hydrogen-bond donors (Lipinski definition) is 1. The van der Waals surface area contributed by atoms with Gasteiger partial charge in [0.15, 0.2) is 0 Å². The lowest BCUT2D eigenvalue weighted by Crippen LogP contribution is -2.24. The topological polar surface area (TPSA) is 49.6 Å². The third-order valence-electron chi connectivity index (χ3n) is 3.23. The van der Waals surface area contributed by atoms with Gasteiger partial charge in [-0.3, -0.25) is 4.79 Å². The van der Waals surface area contributed by atoms with Crippen LogP contribution >= 0.6 is 0 Å². The van der Waals surface area contributed by atoms with E-state index in [2.05, 4.69) is 0 Å². The Morgan fingerprint density at radius 3 is 2.33 bits per heavy atom. The van der Waals surface area contributed by atoms with Crippen molar-refractivity contribution in [1.29, 1.82) is 0 Å². The molecule has 0 aliphatic rings. The van der Waals surface area contributed by atoms with Gasteiger partial charge in [0.1, 0.15) is 5.82 Å². The minimum atomic E-state index is -0.356. The lowest BCUT2D eigenvalue weighted by molar-refractivity contribution is 0.0828. The van der Waals surface area contributed by atoms with E-state index in [0.29, 0.717) is 22.6 Å². The molecule has 0 saturated carbocycles. The number of hydrogen-bond acceptors (Lipinski definition) is 3. The highest BCUT2D eigenvalue weighted by molar-refractivity contribution is 6.01. The summed E-state index contributed by atoms with van der Waals surface area (Å²) < 4.78 is 13.9. The predicted octanol–water partition coefficient (Wildman–Crippen LogP) is 2.88. The molecule has 0 unspecified atom stereocenters. The molecule has 2 aromatic carbocycles. The molecule has 110 valence electrons. The van der Waals surface area contributed by atoms with E-state index < -0.39 is 0 Å². The Kier molecular flexibility index (Phi) is 4.12. The molecule has 4 nitrogen and oxygen atoms in total. The van der Waals surface area contributed by atoms with Crippen LogP contribution in [0.4, 0.5) is 21.5 Å². The minimum absolute atomic E-state index is 0.159.